The minimum atomic E-state index is 0.0661. The van der Waals surface area contributed by atoms with E-state index in [9.17, 15) is 4.79 Å². The first-order valence-electron chi connectivity index (χ1n) is 9.77. The summed E-state index contributed by atoms with van der Waals surface area (Å²) in [5.41, 5.74) is 4.66. The Morgan fingerprint density at radius 1 is 1.18 bits per heavy atom. The molecule has 1 aliphatic rings. The fourth-order valence-corrected chi connectivity index (χ4v) is 5.80. The zero-order valence-corrected chi connectivity index (χ0v) is 18.2. The number of benzene rings is 1. The molecule has 0 radical (unpaired) electrons. The highest BCUT2D eigenvalue weighted by molar-refractivity contribution is 7.10. The Kier molecular flexibility index (Phi) is 5.67. The van der Waals surface area contributed by atoms with Gasteiger partial charge in [0.2, 0.25) is 5.91 Å². The summed E-state index contributed by atoms with van der Waals surface area (Å²) in [6, 6.07) is 12.9. The van der Waals surface area contributed by atoms with Crippen LogP contribution in [0.1, 0.15) is 52.3 Å². The minimum absolute atomic E-state index is 0.0661. The van der Waals surface area contributed by atoms with Gasteiger partial charge in [0.05, 0.1) is 12.6 Å². The Morgan fingerprint density at radius 3 is 2.79 bits per heavy atom. The largest absolute Gasteiger partial charge is 0.324 e. The molecular weight excluding hydrogens is 384 g/mol. The van der Waals surface area contributed by atoms with Crippen molar-refractivity contribution in [2.75, 3.05) is 18.4 Å². The SMILES string of the molecule is Cc1cccc(C(C)C)c1NC(=O)CN1CCc2sccc2[C@H]1c1cccs1. The second kappa shape index (κ2) is 8.19. The average molecular weight is 411 g/mol. The summed E-state index contributed by atoms with van der Waals surface area (Å²) in [6.07, 6.45) is 1.02. The van der Waals surface area contributed by atoms with E-state index >= 15 is 0 Å². The number of rotatable bonds is 5. The van der Waals surface area contributed by atoms with Crippen molar-refractivity contribution in [2.45, 2.75) is 39.2 Å². The fraction of sp³-hybridized carbons (Fsp3) is 0.348. The molecule has 0 fully saturated rings. The number of carbonyl (C=O) groups excluding carboxylic acids is 1. The molecule has 1 atom stereocenters. The number of nitrogens with zero attached hydrogens (tertiary/aromatic N) is 1. The molecule has 146 valence electrons. The van der Waals surface area contributed by atoms with Crippen LogP contribution in [0.25, 0.3) is 0 Å². The summed E-state index contributed by atoms with van der Waals surface area (Å²) < 4.78 is 0. The normalized spacial score (nSPS) is 16.9. The van der Waals surface area contributed by atoms with Crippen molar-refractivity contribution in [3.63, 3.8) is 0 Å². The van der Waals surface area contributed by atoms with Gasteiger partial charge in [-0.25, -0.2) is 0 Å². The summed E-state index contributed by atoms with van der Waals surface area (Å²) in [5, 5.41) is 7.52. The molecule has 2 aromatic heterocycles. The average Bonchev–Trinajstić information content (AvgIpc) is 3.34. The van der Waals surface area contributed by atoms with E-state index in [1.807, 2.05) is 11.3 Å². The van der Waals surface area contributed by atoms with Gasteiger partial charge in [0.15, 0.2) is 0 Å². The van der Waals surface area contributed by atoms with E-state index in [1.54, 1.807) is 11.3 Å². The molecule has 0 saturated heterocycles. The molecule has 1 amide bonds. The molecule has 0 unspecified atom stereocenters. The Bertz CT molecular complexity index is 959. The van der Waals surface area contributed by atoms with Crippen LogP contribution in [-0.4, -0.2) is 23.9 Å². The molecule has 1 N–H and O–H groups in total. The predicted molar refractivity (Wildman–Crippen MR) is 120 cm³/mol. The maximum Gasteiger partial charge on any atom is 0.238 e. The number of amides is 1. The van der Waals surface area contributed by atoms with Gasteiger partial charge < -0.3 is 5.32 Å². The summed E-state index contributed by atoms with van der Waals surface area (Å²) in [6.45, 7) is 7.71. The van der Waals surface area contributed by atoms with Crippen LogP contribution in [0.4, 0.5) is 5.69 Å². The van der Waals surface area contributed by atoms with Crippen LogP contribution < -0.4 is 5.32 Å². The molecule has 1 aromatic carbocycles. The molecule has 0 bridgehead atoms. The van der Waals surface area contributed by atoms with E-state index in [4.69, 9.17) is 0 Å². The molecular formula is C23H26N2OS2. The maximum absolute atomic E-state index is 13.0. The number of aryl methyl sites for hydroxylation is 1. The third-order valence-electron chi connectivity index (χ3n) is 5.42. The standard InChI is InChI=1S/C23H26N2OS2/c1-15(2)17-7-4-6-16(3)22(17)24-21(26)14-25-11-9-19-18(10-13-28-19)23(25)20-8-5-12-27-20/h4-8,10,12-13,15,23H,9,11,14H2,1-3H3,(H,24,26)/t23-/m0/s1. The van der Waals surface area contributed by atoms with Crippen molar-refractivity contribution in [1.29, 1.82) is 0 Å². The van der Waals surface area contributed by atoms with Gasteiger partial charge in [-0.3, -0.25) is 9.69 Å². The highest BCUT2D eigenvalue weighted by Gasteiger charge is 2.31. The van der Waals surface area contributed by atoms with Gasteiger partial charge in [0, 0.05) is 22.0 Å². The van der Waals surface area contributed by atoms with E-state index in [0.29, 0.717) is 12.5 Å². The second-order valence-corrected chi connectivity index (χ2v) is 9.66. The lowest BCUT2D eigenvalue weighted by Gasteiger charge is -2.35. The Morgan fingerprint density at radius 2 is 2.04 bits per heavy atom. The summed E-state index contributed by atoms with van der Waals surface area (Å²) in [5.74, 6) is 0.439. The summed E-state index contributed by atoms with van der Waals surface area (Å²) in [7, 11) is 0. The third kappa shape index (κ3) is 3.79. The van der Waals surface area contributed by atoms with Gasteiger partial charge >= 0.3 is 0 Å². The second-order valence-electron chi connectivity index (χ2n) is 7.68. The zero-order valence-electron chi connectivity index (χ0n) is 16.6. The number of nitrogens with one attached hydrogen (secondary N) is 1. The molecule has 3 aromatic rings. The number of carbonyl (C=O) groups is 1. The van der Waals surface area contributed by atoms with Crippen LogP contribution >= 0.6 is 22.7 Å². The molecule has 28 heavy (non-hydrogen) atoms. The third-order valence-corrected chi connectivity index (χ3v) is 7.34. The van der Waals surface area contributed by atoms with Crippen LogP contribution in [0.5, 0.6) is 0 Å². The molecule has 0 spiro atoms. The van der Waals surface area contributed by atoms with Crippen molar-refractivity contribution in [1.82, 2.24) is 4.90 Å². The first kappa shape index (κ1) is 19.4. The summed E-state index contributed by atoms with van der Waals surface area (Å²) >= 11 is 3.61. The molecule has 3 nitrogen and oxygen atoms in total. The minimum Gasteiger partial charge on any atom is -0.324 e. The van der Waals surface area contributed by atoms with Gasteiger partial charge in [-0.05, 0) is 58.8 Å². The highest BCUT2D eigenvalue weighted by Crippen LogP contribution is 2.39. The molecule has 5 heteroatoms. The van der Waals surface area contributed by atoms with Crippen molar-refractivity contribution < 1.29 is 4.79 Å². The summed E-state index contributed by atoms with van der Waals surface area (Å²) in [4.78, 5) is 18.1. The number of fused-ring (bicyclic) bond motifs is 1. The van der Waals surface area contributed by atoms with E-state index in [0.717, 1.165) is 24.2 Å². The number of hydrogen-bond donors (Lipinski definition) is 1. The molecule has 4 rings (SSSR count). The Hall–Kier alpha value is -1.95. The van der Waals surface area contributed by atoms with Gasteiger partial charge in [-0.1, -0.05) is 38.1 Å². The van der Waals surface area contributed by atoms with E-state index in [1.165, 1.54) is 20.9 Å². The van der Waals surface area contributed by atoms with Gasteiger partial charge in [0.1, 0.15) is 0 Å². The lowest BCUT2D eigenvalue weighted by Crippen LogP contribution is -2.40. The lowest BCUT2D eigenvalue weighted by atomic mass is 9.97. The molecule has 0 saturated carbocycles. The van der Waals surface area contributed by atoms with E-state index in [2.05, 4.69) is 78.1 Å². The fourth-order valence-electron chi connectivity index (χ4n) is 4.02. The van der Waals surface area contributed by atoms with Gasteiger partial charge in [-0.15, -0.1) is 22.7 Å². The maximum atomic E-state index is 13.0. The molecule has 0 aliphatic carbocycles. The van der Waals surface area contributed by atoms with Crippen LogP contribution in [-0.2, 0) is 11.2 Å². The number of hydrogen-bond acceptors (Lipinski definition) is 4. The highest BCUT2D eigenvalue weighted by atomic mass is 32.1. The van der Waals surface area contributed by atoms with E-state index < -0.39 is 0 Å². The van der Waals surface area contributed by atoms with Crippen LogP contribution in [0.2, 0.25) is 0 Å². The Labute approximate surface area is 175 Å². The molecule has 3 heterocycles. The number of thiophene rings is 2. The lowest BCUT2D eigenvalue weighted by molar-refractivity contribution is -0.117. The van der Waals surface area contributed by atoms with E-state index in [-0.39, 0.29) is 11.9 Å². The van der Waals surface area contributed by atoms with Crippen molar-refractivity contribution in [3.8, 4) is 0 Å². The molecule has 1 aliphatic heterocycles. The van der Waals surface area contributed by atoms with Gasteiger partial charge in [-0.2, -0.15) is 0 Å². The van der Waals surface area contributed by atoms with Crippen LogP contribution in [0.15, 0.2) is 47.2 Å². The van der Waals surface area contributed by atoms with Crippen molar-refractivity contribution in [2.24, 2.45) is 0 Å². The number of anilines is 1. The smallest absolute Gasteiger partial charge is 0.238 e. The monoisotopic (exact) mass is 410 g/mol. The zero-order chi connectivity index (χ0) is 19.7. The predicted octanol–water partition coefficient (Wildman–Crippen LogP) is 5.83. The van der Waals surface area contributed by atoms with Crippen molar-refractivity contribution >= 4 is 34.3 Å². The first-order valence-corrected chi connectivity index (χ1v) is 11.5. The van der Waals surface area contributed by atoms with Crippen LogP contribution in [0, 0.1) is 6.92 Å². The topological polar surface area (TPSA) is 32.3 Å². The van der Waals surface area contributed by atoms with Gasteiger partial charge in [0.25, 0.3) is 0 Å². The Balaban J connectivity index is 1.56. The van der Waals surface area contributed by atoms with Crippen LogP contribution in [0.3, 0.4) is 0 Å². The van der Waals surface area contributed by atoms with Crippen molar-refractivity contribution in [3.05, 3.63) is 73.6 Å². The first-order chi connectivity index (χ1) is 13.5. The number of para-hydroxylation sites is 1. The quantitative estimate of drug-likeness (QED) is 0.574.